The van der Waals surface area contributed by atoms with E-state index in [1.807, 2.05) is 24.3 Å². The van der Waals surface area contributed by atoms with Crippen LogP contribution in [0.1, 0.15) is 70.4 Å². The van der Waals surface area contributed by atoms with Gasteiger partial charge in [-0.2, -0.15) is 0 Å². The van der Waals surface area contributed by atoms with Gasteiger partial charge < -0.3 is 19.7 Å². The third-order valence-corrected chi connectivity index (χ3v) is 9.69. The summed E-state index contributed by atoms with van der Waals surface area (Å²) in [6, 6.07) is 30.0. The standard InChI is InChI=1S/C36H32O6/c37-33(38)29-5-1-3-7-31(29)41-27-13-9-25(10-14-27)35-18-23-17-24(19-35)21-36(20-23,22-35)26-11-15-28(16-12-26)42-32-8-4-2-6-30(32)34(39)40/h1-16,23-24H,17-22H2,(H,37,38)(H,39,40). The molecule has 0 amide bonds. The van der Waals surface area contributed by atoms with E-state index >= 15 is 0 Å². The number of hydrogen-bond acceptors (Lipinski definition) is 4. The Morgan fingerprint density at radius 2 is 0.952 bits per heavy atom. The topological polar surface area (TPSA) is 93.1 Å². The van der Waals surface area contributed by atoms with Gasteiger partial charge in [-0.15, -0.1) is 0 Å². The van der Waals surface area contributed by atoms with Gasteiger partial charge in [-0.1, -0.05) is 48.5 Å². The van der Waals surface area contributed by atoms with E-state index in [0.717, 1.165) is 6.42 Å². The Kier molecular flexibility index (Phi) is 6.30. The van der Waals surface area contributed by atoms with Crippen LogP contribution in [0.2, 0.25) is 0 Å². The molecule has 0 aromatic heterocycles. The van der Waals surface area contributed by atoms with Crippen molar-refractivity contribution >= 4 is 11.9 Å². The maximum atomic E-state index is 11.6. The summed E-state index contributed by atoms with van der Waals surface area (Å²) in [6.07, 6.45) is 7.17. The van der Waals surface area contributed by atoms with E-state index in [2.05, 4.69) is 24.3 Å². The molecule has 0 radical (unpaired) electrons. The Labute approximate surface area is 244 Å². The highest BCUT2D eigenvalue weighted by Gasteiger charge is 2.58. The first-order valence-electron chi connectivity index (χ1n) is 14.5. The zero-order valence-electron chi connectivity index (χ0n) is 23.2. The Bertz CT molecular complexity index is 1520. The molecule has 0 heterocycles. The van der Waals surface area contributed by atoms with Gasteiger partial charge in [-0.3, -0.25) is 0 Å². The van der Waals surface area contributed by atoms with Gasteiger partial charge in [0.1, 0.15) is 34.1 Å². The predicted octanol–water partition coefficient (Wildman–Crippen LogP) is 8.46. The number of aromatic carboxylic acids is 2. The lowest BCUT2D eigenvalue weighted by atomic mass is 9.42. The highest BCUT2D eigenvalue weighted by molar-refractivity contribution is 5.91. The van der Waals surface area contributed by atoms with Gasteiger partial charge in [0, 0.05) is 0 Å². The van der Waals surface area contributed by atoms with Gasteiger partial charge in [-0.05, 0) is 121 Å². The Balaban J connectivity index is 1.13. The minimum Gasteiger partial charge on any atom is -0.478 e. The van der Waals surface area contributed by atoms with E-state index < -0.39 is 11.9 Å². The molecule has 4 aliphatic carbocycles. The molecule has 6 heteroatoms. The lowest BCUT2D eigenvalue weighted by Crippen LogP contribution is -2.55. The minimum absolute atomic E-state index is 0.108. The van der Waals surface area contributed by atoms with Crippen LogP contribution >= 0.6 is 0 Å². The van der Waals surface area contributed by atoms with Gasteiger partial charge in [0.15, 0.2) is 0 Å². The second-order valence-electron chi connectivity index (χ2n) is 12.4. The maximum absolute atomic E-state index is 11.6. The van der Waals surface area contributed by atoms with E-state index in [0.29, 0.717) is 34.8 Å². The van der Waals surface area contributed by atoms with E-state index in [4.69, 9.17) is 9.47 Å². The maximum Gasteiger partial charge on any atom is 0.339 e. The number of rotatable bonds is 8. The smallest absolute Gasteiger partial charge is 0.339 e. The van der Waals surface area contributed by atoms with Crippen molar-refractivity contribution in [3.63, 3.8) is 0 Å². The highest BCUT2D eigenvalue weighted by Crippen LogP contribution is 2.66. The summed E-state index contributed by atoms with van der Waals surface area (Å²) in [5, 5.41) is 19.0. The molecule has 6 nitrogen and oxygen atoms in total. The van der Waals surface area contributed by atoms with E-state index in [1.165, 1.54) is 43.2 Å². The number of carbonyl (C=O) groups is 2. The Morgan fingerprint density at radius 3 is 1.33 bits per heavy atom. The van der Waals surface area contributed by atoms with Crippen LogP contribution in [0.5, 0.6) is 23.0 Å². The van der Waals surface area contributed by atoms with Gasteiger partial charge in [-0.25, -0.2) is 9.59 Å². The number of benzene rings is 4. The second-order valence-corrected chi connectivity index (χ2v) is 12.4. The summed E-state index contributed by atoms with van der Waals surface area (Å²) >= 11 is 0. The summed E-state index contributed by atoms with van der Waals surface area (Å²) in [7, 11) is 0. The molecule has 0 saturated heterocycles. The summed E-state index contributed by atoms with van der Waals surface area (Å²) in [6.45, 7) is 0. The molecule has 4 bridgehead atoms. The lowest BCUT2D eigenvalue weighted by Gasteiger charge is -2.62. The molecule has 4 fully saturated rings. The normalized spacial score (nSPS) is 25.6. The van der Waals surface area contributed by atoms with Gasteiger partial charge in [0.25, 0.3) is 0 Å². The third-order valence-electron chi connectivity index (χ3n) is 9.69. The SMILES string of the molecule is O=C(O)c1ccccc1Oc1ccc(C23CC4CC(C2)CC(c2ccc(Oc5ccccc5C(=O)O)cc2)(C4)C3)cc1. The summed E-state index contributed by atoms with van der Waals surface area (Å²) in [4.78, 5) is 23.2. The van der Waals surface area contributed by atoms with Crippen LogP contribution in [0.25, 0.3) is 0 Å². The molecule has 0 spiro atoms. The molecule has 4 aliphatic rings. The molecule has 4 aromatic rings. The fraction of sp³-hybridized carbons (Fsp3) is 0.278. The summed E-state index contributed by atoms with van der Waals surface area (Å²) in [5.41, 5.74) is 3.18. The predicted molar refractivity (Wildman–Crippen MR) is 158 cm³/mol. The molecule has 2 N–H and O–H groups in total. The van der Waals surface area contributed by atoms with Crippen molar-refractivity contribution in [2.24, 2.45) is 11.8 Å². The van der Waals surface area contributed by atoms with Crippen LogP contribution in [0.3, 0.4) is 0 Å². The Hall–Kier alpha value is -4.58. The van der Waals surface area contributed by atoms with Crippen molar-refractivity contribution in [3.05, 3.63) is 119 Å². The first kappa shape index (κ1) is 26.3. The fourth-order valence-corrected chi connectivity index (χ4v) is 8.41. The largest absolute Gasteiger partial charge is 0.478 e. The molecule has 0 unspecified atom stereocenters. The number of carboxylic acids is 2. The van der Waals surface area contributed by atoms with Gasteiger partial charge in [0.2, 0.25) is 0 Å². The van der Waals surface area contributed by atoms with Crippen LogP contribution in [-0.2, 0) is 10.8 Å². The first-order valence-corrected chi connectivity index (χ1v) is 14.5. The zero-order valence-corrected chi connectivity index (χ0v) is 23.2. The summed E-state index contributed by atoms with van der Waals surface area (Å²) < 4.78 is 12.0. The monoisotopic (exact) mass is 560 g/mol. The highest BCUT2D eigenvalue weighted by atomic mass is 16.5. The van der Waals surface area contributed by atoms with Crippen molar-refractivity contribution in [1.29, 1.82) is 0 Å². The molecule has 4 saturated carbocycles. The number of ether oxygens (including phenoxy) is 2. The lowest BCUT2D eigenvalue weighted by molar-refractivity contribution is -0.0281. The third kappa shape index (κ3) is 4.61. The number of hydrogen-bond donors (Lipinski definition) is 2. The van der Waals surface area contributed by atoms with Crippen molar-refractivity contribution in [3.8, 4) is 23.0 Å². The molecular weight excluding hydrogens is 528 g/mol. The molecule has 42 heavy (non-hydrogen) atoms. The van der Waals surface area contributed by atoms with Gasteiger partial charge >= 0.3 is 11.9 Å². The molecule has 8 rings (SSSR count). The minimum atomic E-state index is -1.01. The average molecular weight is 561 g/mol. The van der Waals surface area contributed by atoms with E-state index in [9.17, 15) is 19.8 Å². The van der Waals surface area contributed by atoms with Crippen LogP contribution < -0.4 is 9.47 Å². The molecule has 212 valence electrons. The zero-order chi connectivity index (χ0) is 28.9. The van der Waals surface area contributed by atoms with Crippen molar-refractivity contribution in [2.75, 3.05) is 0 Å². The quantitative estimate of drug-likeness (QED) is 0.225. The van der Waals surface area contributed by atoms with Crippen LogP contribution in [0, 0.1) is 11.8 Å². The van der Waals surface area contributed by atoms with Crippen molar-refractivity contribution in [2.45, 2.75) is 49.4 Å². The van der Waals surface area contributed by atoms with E-state index in [1.54, 1.807) is 48.5 Å². The van der Waals surface area contributed by atoms with Gasteiger partial charge in [0.05, 0.1) is 0 Å². The Morgan fingerprint density at radius 1 is 0.571 bits per heavy atom. The second kappa shape index (κ2) is 10.1. The average Bonchev–Trinajstić information content (AvgIpc) is 2.97. The first-order chi connectivity index (χ1) is 20.3. The summed E-state index contributed by atoms with van der Waals surface area (Å²) in [5.74, 6) is 1.29. The van der Waals surface area contributed by atoms with E-state index in [-0.39, 0.29) is 22.0 Å². The number of para-hydroxylation sites is 2. The van der Waals surface area contributed by atoms with Crippen LogP contribution in [-0.4, -0.2) is 22.2 Å². The fourth-order valence-electron chi connectivity index (χ4n) is 8.41. The molecule has 0 aliphatic heterocycles. The number of carboxylic acid groups (broad SMARTS) is 2. The molecule has 4 aromatic carbocycles. The molecular formula is C36H32O6. The van der Waals surface area contributed by atoms with Crippen molar-refractivity contribution < 1.29 is 29.3 Å². The van der Waals surface area contributed by atoms with Crippen LogP contribution in [0.15, 0.2) is 97.1 Å². The van der Waals surface area contributed by atoms with Crippen molar-refractivity contribution in [1.82, 2.24) is 0 Å². The van der Waals surface area contributed by atoms with Crippen LogP contribution in [0.4, 0.5) is 0 Å². The molecule has 0 atom stereocenters.